The number of likely N-dealkylation sites (tertiary alicyclic amines) is 1. The van der Waals surface area contributed by atoms with Crippen molar-refractivity contribution in [3.05, 3.63) is 71.4 Å². The molecule has 0 unspecified atom stereocenters. The molecule has 2 aromatic heterocycles. The van der Waals surface area contributed by atoms with E-state index in [0.29, 0.717) is 45.7 Å². The van der Waals surface area contributed by atoms with E-state index >= 15 is 0 Å². The highest BCUT2D eigenvalue weighted by Crippen LogP contribution is 2.38. The van der Waals surface area contributed by atoms with Crippen LogP contribution in [-0.4, -0.2) is 74.2 Å². The number of aromatic nitrogens is 1. The molecule has 1 amide bonds. The van der Waals surface area contributed by atoms with E-state index in [0.717, 1.165) is 74.2 Å². The molecule has 2 aliphatic heterocycles. The number of furan rings is 1. The molecular weight excluding hydrogens is 528 g/mol. The third-order valence-corrected chi connectivity index (χ3v) is 8.71. The van der Waals surface area contributed by atoms with Gasteiger partial charge in [-0.15, -0.1) is 0 Å². The van der Waals surface area contributed by atoms with Crippen LogP contribution >= 0.6 is 0 Å². The van der Waals surface area contributed by atoms with Crippen LogP contribution in [0.1, 0.15) is 40.7 Å². The van der Waals surface area contributed by atoms with Gasteiger partial charge in [0.05, 0.1) is 24.3 Å². The van der Waals surface area contributed by atoms with Crippen molar-refractivity contribution < 1.29 is 18.7 Å². The molecule has 0 saturated carbocycles. The van der Waals surface area contributed by atoms with Gasteiger partial charge >= 0.3 is 0 Å². The number of carbonyl (C=O) groups excluding carboxylic acids is 1. The largest absolute Gasteiger partial charge is 0.496 e. The summed E-state index contributed by atoms with van der Waals surface area (Å²) in [4.78, 5) is 21.6. The SMILES string of the molecule is COc1cc(C(=O)N2CC(N(C)C)C2)ccc1-c1cc2nccc(-c3ccc(CCC4CCOCC4)c(C#N)c3)c2o1. The maximum atomic E-state index is 13.0. The van der Waals surface area contributed by atoms with E-state index in [1.54, 1.807) is 19.4 Å². The smallest absolute Gasteiger partial charge is 0.254 e. The van der Waals surface area contributed by atoms with Crippen LogP contribution in [-0.2, 0) is 11.2 Å². The van der Waals surface area contributed by atoms with E-state index in [1.165, 1.54) is 0 Å². The van der Waals surface area contributed by atoms with Gasteiger partial charge in [0.25, 0.3) is 5.91 Å². The summed E-state index contributed by atoms with van der Waals surface area (Å²) in [5.74, 6) is 1.82. The highest BCUT2D eigenvalue weighted by molar-refractivity contribution is 5.97. The maximum Gasteiger partial charge on any atom is 0.254 e. The van der Waals surface area contributed by atoms with Gasteiger partial charge in [-0.2, -0.15) is 5.26 Å². The quantitative estimate of drug-likeness (QED) is 0.268. The van der Waals surface area contributed by atoms with Crippen molar-refractivity contribution in [1.82, 2.24) is 14.8 Å². The summed E-state index contributed by atoms with van der Waals surface area (Å²) in [5, 5.41) is 9.95. The number of rotatable bonds is 8. The molecule has 0 spiro atoms. The van der Waals surface area contributed by atoms with E-state index in [4.69, 9.17) is 13.9 Å². The minimum atomic E-state index is -0.00369. The zero-order valence-electron chi connectivity index (χ0n) is 24.4. The van der Waals surface area contributed by atoms with Gasteiger partial charge in [-0.3, -0.25) is 9.78 Å². The van der Waals surface area contributed by atoms with Gasteiger partial charge in [-0.05, 0) is 87.2 Å². The van der Waals surface area contributed by atoms with Crippen molar-refractivity contribution in [2.75, 3.05) is 47.5 Å². The van der Waals surface area contributed by atoms with Gasteiger partial charge in [0, 0.05) is 55.7 Å². The summed E-state index contributed by atoms with van der Waals surface area (Å²) < 4.78 is 17.6. The lowest BCUT2D eigenvalue weighted by Gasteiger charge is -2.42. The predicted octanol–water partition coefficient (Wildman–Crippen LogP) is 5.79. The fourth-order valence-corrected chi connectivity index (χ4v) is 5.92. The lowest BCUT2D eigenvalue weighted by molar-refractivity contribution is 0.0399. The summed E-state index contributed by atoms with van der Waals surface area (Å²) in [5.41, 5.74) is 6.24. The minimum Gasteiger partial charge on any atom is -0.496 e. The van der Waals surface area contributed by atoms with Gasteiger partial charge in [-0.25, -0.2) is 0 Å². The zero-order valence-corrected chi connectivity index (χ0v) is 24.4. The normalized spacial score (nSPS) is 16.0. The Balaban J connectivity index is 1.26. The minimum absolute atomic E-state index is 0.00369. The average molecular weight is 565 g/mol. The number of methoxy groups -OCH3 is 1. The molecule has 0 radical (unpaired) electrons. The second kappa shape index (κ2) is 12.0. The topological polar surface area (TPSA) is 91.8 Å². The summed E-state index contributed by atoms with van der Waals surface area (Å²) in [6.07, 6.45) is 5.90. The molecule has 0 N–H and O–H groups in total. The number of pyridine rings is 1. The molecule has 4 aromatic rings. The van der Waals surface area contributed by atoms with Gasteiger partial charge < -0.3 is 23.7 Å². The second-order valence-electron chi connectivity index (χ2n) is 11.5. The van der Waals surface area contributed by atoms with E-state index in [1.807, 2.05) is 49.3 Å². The summed E-state index contributed by atoms with van der Waals surface area (Å²) in [6, 6.07) is 18.2. The molecule has 2 aliphatic rings. The average Bonchev–Trinajstić information content (AvgIpc) is 3.43. The Kier molecular flexibility index (Phi) is 7.96. The van der Waals surface area contributed by atoms with Crippen molar-refractivity contribution in [3.8, 4) is 34.3 Å². The van der Waals surface area contributed by atoms with Crippen LogP contribution in [0.4, 0.5) is 0 Å². The molecule has 216 valence electrons. The molecule has 2 saturated heterocycles. The molecule has 42 heavy (non-hydrogen) atoms. The first-order chi connectivity index (χ1) is 20.4. The van der Waals surface area contributed by atoms with Gasteiger partial charge in [0.15, 0.2) is 5.58 Å². The molecule has 4 heterocycles. The van der Waals surface area contributed by atoms with Crippen LogP contribution in [0, 0.1) is 17.2 Å². The molecular formula is C34H36N4O4. The first kappa shape index (κ1) is 28.0. The highest BCUT2D eigenvalue weighted by Gasteiger charge is 2.32. The van der Waals surface area contributed by atoms with Crippen LogP contribution in [0.5, 0.6) is 5.75 Å². The van der Waals surface area contributed by atoms with Crippen molar-refractivity contribution >= 4 is 17.0 Å². The third kappa shape index (κ3) is 5.50. The maximum absolute atomic E-state index is 13.0. The fourth-order valence-electron chi connectivity index (χ4n) is 5.92. The van der Waals surface area contributed by atoms with Crippen LogP contribution in [0.15, 0.2) is 59.1 Å². The molecule has 2 fully saturated rings. The van der Waals surface area contributed by atoms with Crippen molar-refractivity contribution in [3.63, 3.8) is 0 Å². The van der Waals surface area contributed by atoms with Crippen LogP contribution < -0.4 is 4.74 Å². The number of benzene rings is 2. The molecule has 0 atom stereocenters. The van der Waals surface area contributed by atoms with E-state index in [9.17, 15) is 10.1 Å². The zero-order chi connectivity index (χ0) is 29.2. The predicted molar refractivity (Wildman–Crippen MR) is 161 cm³/mol. The van der Waals surface area contributed by atoms with E-state index < -0.39 is 0 Å². The Bertz CT molecular complexity index is 1640. The Hall–Kier alpha value is -4.19. The number of hydrogen-bond donors (Lipinski definition) is 0. The van der Waals surface area contributed by atoms with Crippen LogP contribution in [0.2, 0.25) is 0 Å². The number of likely N-dealkylation sites (N-methyl/N-ethyl adjacent to an activating group) is 1. The number of aryl methyl sites for hydroxylation is 1. The molecule has 8 nitrogen and oxygen atoms in total. The lowest BCUT2D eigenvalue weighted by atomic mass is 9.90. The monoisotopic (exact) mass is 564 g/mol. The number of nitriles is 1. The Labute approximate surface area is 246 Å². The lowest BCUT2D eigenvalue weighted by Crippen LogP contribution is -2.59. The Morgan fingerprint density at radius 1 is 1.10 bits per heavy atom. The molecule has 0 aliphatic carbocycles. The number of hydrogen-bond acceptors (Lipinski definition) is 7. The molecule has 2 aromatic carbocycles. The number of carbonyl (C=O) groups is 1. The summed E-state index contributed by atoms with van der Waals surface area (Å²) >= 11 is 0. The Morgan fingerprint density at radius 2 is 1.90 bits per heavy atom. The number of ether oxygens (including phenoxy) is 2. The standard InChI is InChI=1S/C34H36N4O4/c1-37(2)27-20-38(21-27)34(39)25-8-9-29(31(17-25)40-3)32-18-30-33(42-32)28(10-13-36-30)24-7-6-23(26(16-24)19-35)5-4-22-11-14-41-15-12-22/h6-10,13,16-18,22,27H,4-5,11-12,14-15,20-21H2,1-3H3. The molecule has 6 rings (SSSR count). The van der Waals surface area contributed by atoms with Crippen LogP contribution in [0.3, 0.4) is 0 Å². The summed E-state index contributed by atoms with van der Waals surface area (Å²) in [7, 11) is 5.66. The highest BCUT2D eigenvalue weighted by atomic mass is 16.5. The first-order valence-corrected chi connectivity index (χ1v) is 14.6. The fraction of sp³-hybridized carbons (Fsp3) is 0.382. The molecule has 8 heteroatoms. The van der Waals surface area contributed by atoms with Gasteiger partial charge in [-0.1, -0.05) is 12.1 Å². The van der Waals surface area contributed by atoms with Crippen molar-refractivity contribution in [2.24, 2.45) is 5.92 Å². The number of fused-ring (bicyclic) bond motifs is 1. The first-order valence-electron chi connectivity index (χ1n) is 14.6. The van der Waals surface area contributed by atoms with Crippen molar-refractivity contribution in [1.29, 1.82) is 5.26 Å². The number of amides is 1. The van der Waals surface area contributed by atoms with E-state index in [2.05, 4.69) is 28.1 Å². The number of nitrogens with zero attached hydrogens (tertiary/aromatic N) is 4. The molecule has 0 bridgehead atoms. The van der Waals surface area contributed by atoms with Crippen LogP contribution in [0.25, 0.3) is 33.6 Å². The van der Waals surface area contributed by atoms with Crippen molar-refractivity contribution in [2.45, 2.75) is 31.7 Å². The Morgan fingerprint density at radius 3 is 2.64 bits per heavy atom. The van der Waals surface area contributed by atoms with Gasteiger partial charge in [0.1, 0.15) is 17.0 Å². The summed E-state index contributed by atoms with van der Waals surface area (Å²) in [6.45, 7) is 3.11. The second-order valence-corrected chi connectivity index (χ2v) is 11.5. The van der Waals surface area contributed by atoms with Gasteiger partial charge in [0.2, 0.25) is 0 Å². The third-order valence-electron chi connectivity index (χ3n) is 8.71. The van der Waals surface area contributed by atoms with E-state index in [-0.39, 0.29) is 5.91 Å².